The van der Waals surface area contributed by atoms with Crippen molar-refractivity contribution in [1.82, 2.24) is 19.5 Å². The smallest absolute Gasteiger partial charge is 0.252 e. The van der Waals surface area contributed by atoms with Crippen LogP contribution in [0.25, 0.3) is 11.2 Å². The Hall–Kier alpha value is -2.28. The predicted molar refractivity (Wildman–Crippen MR) is 172 cm³/mol. The van der Waals surface area contributed by atoms with Gasteiger partial charge in [-0.05, 0) is 61.1 Å². The normalized spacial score (nSPS) is 22.4. The zero-order valence-corrected chi connectivity index (χ0v) is 29.0. The fourth-order valence-electron chi connectivity index (χ4n) is 4.95. The van der Waals surface area contributed by atoms with Crippen LogP contribution in [0.3, 0.4) is 0 Å². The molecule has 0 spiro atoms. The second kappa shape index (κ2) is 11.4. The van der Waals surface area contributed by atoms with E-state index >= 15 is 0 Å². The molecule has 0 radical (unpaired) electrons. The maximum Gasteiger partial charge on any atom is 0.252 e. The van der Waals surface area contributed by atoms with E-state index in [-0.39, 0.29) is 40.4 Å². The largest absolute Gasteiger partial charge is 0.529 e. The molecule has 1 unspecified atom stereocenters. The maximum atomic E-state index is 7.23. The van der Waals surface area contributed by atoms with Gasteiger partial charge < -0.3 is 19.3 Å². The minimum atomic E-state index is -2.19. The molecule has 4 atom stereocenters. The number of nitrogen functional groups attached to an aromatic ring is 1. The molecular formula is C31H51N5O3Si2. The molecular weight excluding hydrogens is 547 g/mol. The van der Waals surface area contributed by atoms with Crippen LogP contribution in [0.15, 0.2) is 36.7 Å². The van der Waals surface area contributed by atoms with E-state index in [0.717, 1.165) is 19.3 Å². The lowest BCUT2D eigenvalue weighted by atomic mass is 9.90. The Labute approximate surface area is 248 Å². The molecule has 10 heteroatoms. The Kier molecular flexibility index (Phi) is 8.82. The molecule has 1 aliphatic heterocycles. The van der Waals surface area contributed by atoms with Crippen LogP contribution in [0.4, 0.5) is 5.95 Å². The van der Waals surface area contributed by atoms with Crippen LogP contribution in [0, 0.1) is 5.92 Å². The summed E-state index contributed by atoms with van der Waals surface area (Å²) < 4.78 is 22.7. The van der Waals surface area contributed by atoms with Crippen molar-refractivity contribution in [3.05, 3.63) is 42.2 Å². The van der Waals surface area contributed by atoms with Crippen molar-refractivity contribution in [3.63, 3.8) is 0 Å². The average Bonchev–Trinajstić information content (AvgIpc) is 3.42. The van der Waals surface area contributed by atoms with Gasteiger partial charge in [0.05, 0.1) is 18.5 Å². The molecule has 0 aliphatic carbocycles. The first-order valence-electron chi connectivity index (χ1n) is 15.0. The summed E-state index contributed by atoms with van der Waals surface area (Å²) >= 11 is 0. The highest BCUT2D eigenvalue weighted by atomic mass is 28.4. The third kappa shape index (κ3) is 6.55. The zero-order valence-electron chi connectivity index (χ0n) is 27.0. The summed E-state index contributed by atoms with van der Waals surface area (Å²) in [6.45, 7) is 24.7. The van der Waals surface area contributed by atoms with Gasteiger partial charge in [-0.1, -0.05) is 78.8 Å². The summed E-state index contributed by atoms with van der Waals surface area (Å²) in [5.41, 5.74) is 8.84. The highest BCUT2D eigenvalue weighted by Crippen LogP contribution is 2.47. The molecule has 226 valence electrons. The molecule has 2 aromatic heterocycles. The number of rotatable bonds is 9. The molecule has 4 rings (SSSR count). The molecule has 1 aliphatic rings. The standard InChI is InChI=1S/C31H51N5O3Si2/c1-12-23-22(19-18-21-16-14-13-15-17-21)25(38-40(8,9)30(2,3)4)28(37-23)36-20-33-24-26(36)34-29(32)35-27(24)39-41(10,11)31(5,6)7/h13-17,20,22-23,25,28H,12,18-19H2,1-11H3,(H2,32,34,35)/t22?,23-,25+,28-/m1/s1. The number of aryl methyl sites for hydroxylation is 1. The Balaban J connectivity index is 1.77. The lowest BCUT2D eigenvalue weighted by Crippen LogP contribution is -2.47. The minimum absolute atomic E-state index is 0.00140. The van der Waals surface area contributed by atoms with Crippen LogP contribution in [0.1, 0.15) is 73.1 Å². The van der Waals surface area contributed by atoms with Gasteiger partial charge in [0, 0.05) is 5.92 Å². The number of hydrogen-bond acceptors (Lipinski definition) is 7. The summed E-state index contributed by atoms with van der Waals surface area (Å²) in [6.07, 6.45) is 4.17. The number of nitrogens with two attached hydrogens (primary N) is 1. The molecule has 1 aromatic carbocycles. The van der Waals surface area contributed by atoms with Crippen molar-refractivity contribution in [2.24, 2.45) is 5.92 Å². The van der Waals surface area contributed by atoms with E-state index < -0.39 is 16.6 Å². The lowest BCUT2D eigenvalue weighted by Gasteiger charge is -2.41. The van der Waals surface area contributed by atoms with E-state index in [1.807, 2.05) is 4.57 Å². The molecule has 1 saturated heterocycles. The Morgan fingerprint density at radius 3 is 2.17 bits per heavy atom. The van der Waals surface area contributed by atoms with Crippen LogP contribution in [0.5, 0.6) is 5.88 Å². The third-order valence-corrected chi connectivity index (χ3v) is 18.4. The van der Waals surface area contributed by atoms with Gasteiger partial charge in [-0.25, -0.2) is 4.98 Å². The highest BCUT2D eigenvalue weighted by Gasteiger charge is 2.50. The van der Waals surface area contributed by atoms with Gasteiger partial charge in [0.1, 0.15) is 0 Å². The molecule has 0 amide bonds. The topological polar surface area (TPSA) is 97.3 Å². The summed E-state index contributed by atoms with van der Waals surface area (Å²) in [5.74, 6) is 0.838. The SMILES string of the molecule is CC[C@H]1O[C@@H](n2cnc3c(O[Si](C)(C)C(C)(C)C)nc(N)nc32)[C@@H](O[Si](C)(C)C(C)(C)C)C1CCc1ccccc1. The van der Waals surface area contributed by atoms with E-state index in [1.54, 1.807) is 6.33 Å². The summed E-state index contributed by atoms with van der Waals surface area (Å²) in [6, 6.07) is 10.7. The maximum absolute atomic E-state index is 7.23. The quantitative estimate of drug-likeness (QED) is 0.252. The van der Waals surface area contributed by atoms with E-state index in [4.69, 9.17) is 24.3 Å². The molecule has 3 heterocycles. The Morgan fingerprint density at radius 2 is 1.59 bits per heavy atom. The molecule has 1 fully saturated rings. The van der Waals surface area contributed by atoms with Gasteiger partial charge in [0.25, 0.3) is 8.32 Å². The molecule has 8 nitrogen and oxygen atoms in total. The van der Waals surface area contributed by atoms with Gasteiger partial charge in [-0.2, -0.15) is 9.97 Å². The van der Waals surface area contributed by atoms with E-state index in [2.05, 4.69) is 115 Å². The predicted octanol–water partition coefficient (Wildman–Crippen LogP) is 7.74. The monoisotopic (exact) mass is 597 g/mol. The van der Waals surface area contributed by atoms with E-state index in [9.17, 15) is 0 Å². The Morgan fingerprint density at radius 1 is 0.951 bits per heavy atom. The number of aromatic nitrogens is 4. The number of hydrogen-bond donors (Lipinski definition) is 1. The Bertz CT molecular complexity index is 1330. The number of ether oxygens (including phenoxy) is 1. The van der Waals surface area contributed by atoms with Crippen LogP contribution >= 0.6 is 0 Å². The molecule has 41 heavy (non-hydrogen) atoms. The van der Waals surface area contributed by atoms with E-state index in [1.165, 1.54) is 5.56 Å². The second-order valence-electron chi connectivity index (χ2n) is 14.6. The number of anilines is 1. The molecule has 2 N–H and O–H groups in total. The third-order valence-electron chi connectivity index (χ3n) is 9.58. The fourth-order valence-corrected chi connectivity index (χ4v) is 7.21. The molecule has 3 aromatic rings. The van der Waals surface area contributed by atoms with Crippen molar-refractivity contribution in [3.8, 4) is 5.88 Å². The lowest BCUT2D eigenvalue weighted by molar-refractivity contribution is -0.0321. The molecule has 0 saturated carbocycles. The van der Waals surface area contributed by atoms with Crippen LogP contribution in [0.2, 0.25) is 36.3 Å². The van der Waals surface area contributed by atoms with Crippen molar-refractivity contribution < 1.29 is 13.6 Å². The van der Waals surface area contributed by atoms with Gasteiger partial charge in [0.2, 0.25) is 11.8 Å². The molecule has 0 bridgehead atoms. The fraction of sp³-hybridized carbons (Fsp3) is 0.645. The van der Waals surface area contributed by atoms with Gasteiger partial charge >= 0.3 is 0 Å². The van der Waals surface area contributed by atoms with Crippen molar-refractivity contribution in [1.29, 1.82) is 0 Å². The van der Waals surface area contributed by atoms with E-state index in [0.29, 0.717) is 17.0 Å². The summed E-state index contributed by atoms with van der Waals surface area (Å²) in [5, 5.41) is 0.0538. The van der Waals surface area contributed by atoms with Crippen LogP contribution < -0.4 is 10.2 Å². The first-order chi connectivity index (χ1) is 18.9. The van der Waals surface area contributed by atoms with Crippen molar-refractivity contribution in [2.75, 3.05) is 5.73 Å². The van der Waals surface area contributed by atoms with Gasteiger partial charge in [-0.15, -0.1) is 0 Å². The summed E-state index contributed by atoms with van der Waals surface area (Å²) in [7, 11) is -4.34. The first kappa shape index (κ1) is 31.7. The van der Waals surface area contributed by atoms with Gasteiger partial charge in [-0.3, -0.25) is 4.57 Å². The van der Waals surface area contributed by atoms with Crippen LogP contribution in [-0.4, -0.2) is 48.4 Å². The average molecular weight is 598 g/mol. The summed E-state index contributed by atoms with van der Waals surface area (Å²) in [4.78, 5) is 13.9. The first-order valence-corrected chi connectivity index (χ1v) is 20.8. The van der Waals surface area contributed by atoms with Gasteiger partial charge in [0.15, 0.2) is 25.7 Å². The van der Waals surface area contributed by atoms with Crippen molar-refractivity contribution in [2.45, 2.75) is 122 Å². The highest BCUT2D eigenvalue weighted by molar-refractivity contribution is 6.75. The second-order valence-corrected chi connectivity index (χ2v) is 24.1. The minimum Gasteiger partial charge on any atom is -0.529 e. The van der Waals surface area contributed by atoms with Crippen molar-refractivity contribution >= 4 is 33.7 Å². The zero-order chi connectivity index (χ0) is 30.4. The number of imidazole rings is 1. The van der Waals surface area contributed by atoms with Crippen LogP contribution in [-0.2, 0) is 15.6 Å². The number of benzene rings is 1. The number of fused-ring (bicyclic) bond motifs is 1. The number of nitrogens with zero attached hydrogens (tertiary/aromatic N) is 4.